The van der Waals surface area contributed by atoms with E-state index in [1.807, 2.05) is 6.92 Å². The lowest BCUT2D eigenvalue weighted by Gasteiger charge is -2.18. The summed E-state index contributed by atoms with van der Waals surface area (Å²) in [6.45, 7) is 3.18. The van der Waals surface area contributed by atoms with Crippen LogP contribution in [0.1, 0.15) is 19.8 Å². The molecule has 0 bridgehead atoms. The molecule has 2 N–H and O–H groups in total. The average Bonchev–Trinajstić information content (AvgIpc) is 2.34. The van der Waals surface area contributed by atoms with Crippen molar-refractivity contribution in [1.29, 1.82) is 0 Å². The lowest BCUT2D eigenvalue weighted by molar-refractivity contribution is 0.0946. The van der Waals surface area contributed by atoms with Gasteiger partial charge in [-0.1, -0.05) is 6.92 Å². The van der Waals surface area contributed by atoms with E-state index in [2.05, 4.69) is 5.32 Å². The zero-order chi connectivity index (χ0) is 9.84. The van der Waals surface area contributed by atoms with Crippen LogP contribution in [0.25, 0.3) is 0 Å². The highest BCUT2D eigenvalue weighted by Gasteiger charge is 2.26. The molecule has 1 heterocycles. The highest BCUT2D eigenvalue weighted by Crippen LogP contribution is 2.22. The van der Waals surface area contributed by atoms with Gasteiger partial charge in [0.05, 0.1) is 6.10 Å². The maximum atomic E-state index is 12.0. The van der Waals surface area contributed by atoms with Gasteiger partial charge in [-0.3, -0.25) is 0 Å². The van der Waals surface area contributed by atoms with Crippen molar-refractivity contribution in [2.75, 3.05) is 13.1 Å². The Bertz CT molecular complexity index is 155. The summed E-state index contributed by atoms with van der Waals surface area (Å²) in [6.07, 6.45) is -1.93. The first-order valence-electron chi connectivity index (χ1n) is 4.76. The quantitative estimate of drug-likeness (QED) is 0.704. The van der Waals surface area contributed by atoms with Crippen LogP contribution in [-0.2, 0) is 0 Å². The summed E-state index contributed by atoms with van der Waals surface area (Å²) >= 11 is 0. The van der Waals surface area contributed by atoms with Gasteiger partial charge in [-0.25, -0.2) is 8.78 Å². The average molecular weight is 193 g/mol. The summed E-state index contributed by atoms with van der Waals surface area (Å²) in [6, 6.07) is 0. The molecule has 1 fully saturated rings. The molecular weight excluding hydrogens is 176 g/mol. The molecular formula is C9H17F2NO. The summed E-state index contributed by atoms with van der Waals surface area (Å²) in [7, 11) is 0. The molecule has 0 amide bonds. The zero-order valence-electron chi connectivity index (χ0n) is 7.84. The molecule has 0 spiro atoms. The van der Waals surface area contributed by atoms with Gasteiger partial charge in [0.2, 0.25) is 6.43 Å². The summed E-state index contributed by atoms with van der Waals surface area (Å²) in [5.74, 6) is 0.160. The van der Waals surface area contributed by atoms with Crippen molar-refractivity contribution >= 4 is 0 Å². The molecule has 0 aromatic rings. The first-order chi connectivity index (χ1) is 6.09. The van der Waals surface area contributed by atoms with E-state index in [1.54, 1.807) is 0 Å². The van der Waals surface area contributed by atoms with Gasteiger partial charge in [0.1, 0.15) is 0 Å². The van der Waals surface area contributed by atoms with Crippen LogP contribution >= 0.6 is 0 Å². The van der Waals surface area contributed by atoms with Crippen LogP contribution in [0, 0.1) is 11.8 Å². The molecule has 0 aliphatic carbocycles. The monoisotopic (exact) mass is 193 g/mol. The summed E-state index contributed by atoms with van der Waals surface area (Å²) in [5, 5.41) is 12.5. The van der Waals surface area contributed by atoms with Crippen molar-refractivity contribution in [2.45, 2.75) is 32.3 Å². The number of hydrogen-bond acceptors (Lipinski definition) is 2. The molecule has 1 saturated heterocycles. The minimum atomic E-state index is -2.22. The molecule has 2 nitrogen and oxygen atoms in total. The van der Waals surface area contributed by atoms with E-state index in [1.165, 1.54) is 0 Å². The topological polar surface area (TPSA) is 32.3 Å². The van der Waals surface area contributed by atoms with Crippen molar-refractivity contribution in [3.05, 3.63) is 0 Å². The van der Waals surface area contributed by atoms with E-state index in [0.717, 1.165) is 6.54 Å². The zero-order valence-corrected chi connectivity index (χ0v) is 7.84. The van der Waals surface area contributed by atoms with Gasteiger partial charge in [-0.15, -0.1) is 0 Å². The van der Waals surface area contributed by atoms with Crippen LogP contribution in [0.4, 0.5) is 8.78 Å². The Balaban J connectivity index is 2.22. The van der Waals surface area contributed by atoms with Crippen LogP contribution in [0.3, 0.4) is 0 Å². The highest BCUT2D eigenvalue weighted by molar-refractivity contribution is 4.81. The third kappa shape index (κ3) is 3.56. The lowest BCUT2D eigenvalue weighted by atomic mass is 9.91. The number of halogens is 2. The Morgan fingerprint density at radius 2 is 2.15 bits per heavy atom. The predicted octanol–water partition coefficient (Wildman–Crippen LogP) is 1.25. The molecule has 13 heavy (non-hydrogen) atoms. The number of β-amino-alcohol motifs (C(OH)–C–C–N with tert-alkyl or cyclic N) is 1. The minimum Gasteiger partial charge on any atom is -0.391 e. The molecule has 4 heteroatoms. The van der Waals surface area contributed by atoms with Crippen molar-refractivity contribution in [2.24, 2.45) is 11.8 Å². The Morgan fingerprint density at radius 3 is 2.62 bits per heavy atom. The molecule has 0 saturated carbocycles. The molecule has 78 valence electrons. The van der Waals surface area contributed by atoms with Gasteiger partial charge < -0.3 is 10.4 Å². The van der Waals surface area contributed by atoms with Crippen molar-refractivity contribution in [3.8, 4) is 0 Å². The first-order valence-corrected chi connectivity index (χ1v) is 4.76. The number of aliphatic hydroxyl groups excluding tert-OH is 1. The highest BCUT2D eigenvalue weighted by atomic mass is 19.3. The van der Waals surface area contributed by atoms with Gasteiger partial charge >= 0.3 is 0 Å². The van der Waals surface area contributed by atoms with Gasteiger partial charge in [-0.05, 0) is 18.3 Å². The molecule has 1 rings (SSSR count). The molecule has 0 radical (unpaired) electrons. The molecule has 3 unspecified atom stereocenters. The number of rotatable bonds is 4. The number of nitrogens with one attached hydrogen (secondary N) is 1. The number of aliphatic hydroxyl groups is 1. The predicted molar refractivity (Wildman–Crippen MR) is 46.8 cm³/mol. The first kappa shape index (κ1) is 10.9. The summed E-state index contributed by atoms with van der Waals surface area (Å²) in [4.78, 5) is 0. The summed E-state index contributed by atoms with van der Waals surface area (Å²) in [5.41, 5.74) is 0. The fraction of sp³-hybridized carbons (Fsp3) is 1.00. The maximum Gasteiger partial charge on any atom is 0.238 e. The third-order valence-corrected chi connectivity index (χ3v) is 2.59. The van der Waals surface area contributed by atoms with Crippen molar-refractivity contribution in [1.82, 2.24) is 5.32 Å². The van der Waals surface area contributed by atoms with E-state index in [-0.39, 0.29) is 24.4 Å². The lowest BCUT2D eigenvalue weighted by Crippen LogP contribution is -2.20. The maximum absolute atomic E-state index is 12.0. The Morgan fingerprint density at radius 1 is 1.46 bits per heavy atom. The van der Waals surface area contributed by atoms with E-state index in [9.17, 15) is 13.9 Å². The second kappa shape index (κ2) is 4.86. The second-order valence-electron chi connectivity index (χ2n) is 3.95. The standard InChI is InChI=1S/C9H17F2NO/c1-6(3-9(10)11)2-7-4-12-5-8(7)13/h6-9,12-13H,2-5H2,1H3. The fourth-order valence-corrected chi connectivity index (χ4v) is 1.88. The largest absolute Gasteiger partial charge is 0.391 e. The number of hydrogen-bond donors (Lipinski definition) is 2. The molecule has 1 aliphatic heterocycles. The van der Waals surface area contributed by atoms with Crippen LogP contribution in [0.5, 0.6) is 0 Å². The van der Waals surface area contributed by atoms with Crippen LogP contribution in [0.2, 0.25) is 0 Å². The smallest absolute Gasteiger partial charge is 0.238 e. The van der Waals surface area contributed by atoms with Gasteiger partial charge in [0.15, 0.2) is 0 Å². The van der Waals surface area contributed by atoms with Crippen LogP contribution in [-0.4, -0.2) is 30.7 Å². The van der Waals surface area contributed by atoms with E-state index < -0.39 is 6.43 Å². The van der Waals surface area contributed by atoms with Crippen LogP contribution in [0.15, 0.2) is 0 Å². The van der Waals surface area contributed by atoms with Gasteiger partial charge in [-0.2, -0.15) is 0 Å². The van der Waals surface area contributed by atoms with Crippen LogP contribution < -0.4 is 5.32 Å². The molecule has 0 aromatic carbocycles. The van der Waals surface area contributed by atoms with E-state index in [0.29, 0.717) is 13.0 Å². The van der Waals surface area contributed by atoms with Crippen molar-refractivity contribution < 1.29 is 13.9 Å². The van der Waals surface area contributed by atoms with E-state index >= 15 is 0 Å². The molecule has 1 aliphatic rings. The minimum absolute atomic E-state index is 0.000417. The SMILES string of the molecule is CC(CC(F)F)CC1CNCC1O. The fourth-order valence-electron chi connectivity index (χ4n) is 1.88. The Labute approximate surface area is 77.3 Å². The normalized spacial score (nSPS) is 31.2. The molecule has 3 atom stereocenters. The molecule has 0 aromatic heterocycles. The number of alkyl halides is 2. The Hall–Kier alpha value is -0.220. The van der Waals surface area contributed by atoms with Gasteiger partial charge in [0.25, 0.3) is 0 Å². The third-order valence-electron chi connectivity index (χ3n) is 2.59. The van der Waals surface area contributed by atoms with Crippen molar-refractivity contribution in [3.63, 3.8) is 0 Å². The van der Waals surface area contributed by atoms with E-state index in [4.69, 9.17) is 0 Å². The Kier molecular flexibility index (Phi) is 4.06. The van der Waals surface area contributed by atoms with Gasteiger partial charge in [0, 0.05) is 19.5 Å². The second-order valence-corrected chi connectivity index (χ2v) is 3.95. The summed E-state index contributed by atoms with van der Waals surface area (Å²) < 4.78 is 24.0.